The fraction of sp³-hybridized carbons (Fsp3) is 0.951. The van der Waals surface area contributed by atoms with Crippen molar-refractivity contribution in [1.29, 1.82) is 0 Å². The third-order valence-corrected chi connectivity index (χ3v) is 20.9. The van der Waals surface area contributed by atoms with Gasteiger partial charge in [0.15, 0.2) is 12.2 Å². The minimum absolute atomic E-state index is 0.108. The Morgan fingerprint density at radius 3 is 0.680 bits per heavy atom. The summed E-state index contributed by atoms with van der Waals surface area (Å²) in [5.41, 5.74) is 0. The zero-order valence-electron chi connectivity index (χ0n) is 65.3. The molecule has 0 bridgehead atoms. The Kier molecular flexibility index (Phi) is 72.5. The zero-order chi connectivity index (χ0) is 73.4. The molecule has 0 amide bonds. The molecule has 19 heteroatoms. The highest BCUT2D eigenvalue weighted by Gasteiger charge is 2.30. The topological polar surface area (TPSA) is 237 Å². The molecule has 0 spiro atoms. The second-order valence-electron chi connectivity index (χ2n) is 29.6. The van der Waals surface area contributed by atoms with Crippen molar-refractivity contribution in [2.45, 2.75) is 451 Å². The van der Waals surface area contributed by atoms with E-state index >= 15 is 0 Å². The van der Waals surface area contributed by atoms with Crippen molar-refractivity contribution in [3.63, 3.8) is 0 Å². The molecule has 5 atom stereocenters. The van der Waals surface area contributed by atoms with Crippen molar-refractivity contribution in [2.75, 3.05) is 39.6 Å². The van der Waals surface area contributed by atoms with Crippen LogP contribution in [0.1, 0.15) is 433 Å². The van der Waals surface area contributed by atoms with Gasteiger partial charge in [-0.25, -0.2) is 9.13 Å². The third kappa shape index (κ3) is 74.3. The lowest BCUT2D eigenvalue weighted by atomic mass is 10.0. The van der Waals surface area contributed by atoms with Gasteiger partial charge in [0.25, 0.3) is 0 Å². The molecular formula is C81H158O17P2. The summed E-state index contributed by atoms with van der Waals surface area (Å²) in [5.74, 6) is -1.30. The van der Waals surface area contributed by atoms with Crippen molar-refractivity contribution in [3.05, 3.63) is 0 Å². The summed E-state index contributed by atoms with van der Waals surface area (Å²) in [4.78, 5) is 72.9. The highest BCUT2D eigenvalue weighted by molar-refractivity contribution is 7.47. The van der Waals surface area contributed by atoms with Crippen LogP contribution in [0.15, 0.2) is 0 Å². The molecule has 0 aliphatic rings. The van der Waals surface area contributed by atoms with Crippen LogP contribution in [0.5, 0.6) is 0 Å². The van der Waals surface area contributed by atoms with E-state index in [0.717, 1.165) is 95.8 Å². The van der Waals surface area contributed by atoms with E-state index in [1.54, 1.807) is 0 Å². The van der Waals surface area contributed by atoms with E-state index in [1.807, 2.05) is 0 Å². The van der Waals surface area contributed by atoms with Gasteiger partial charge in [-0.1, -0.05) is 381 Å². The molecule has 0 radical (unpaired) electrons. The Labute approximate surface area is 613 Å². The molecule has 0 fully saturated rings. The Bertz CT molecular complexity index is 1910. The van der Waals surface area contributed by atoms with Gasteiger partial charge in [-0.2, -0.15) is 0 Å². The van der Waals surface area contributed by atoms with Crippen LogP contribution in [0.2, 0.25) is 0 Å². The molecule has 0 rings (SSSR count). The monoisotopic (exact) mass is 1470 g/mol. The van der Waals surface area contributed by atoms with Crippen LogP contribution < -0.4 is 0 Å². The molecule has 594 valence electrons. The van der Waals surface area contributed by atoms with E-state index in [2.05, 4.69) is 34.6 Å². The number of rotatable bonds is 81. The maximum atomic E-state index is 13.1. The Hall–Kier alpha value is -1.94. The smallest absolute Gasteiger partial charge is 0.462 e. The molecule has 0 aromatic carbocycles. The number of carbonyl (C=O) groups is 4. The molecule has 0 heterocycles. The van der Waals surface area contributed by atoms with Gasteiger partial charge in [0.05, 0.1) is 26.4 Å². The minimum Gasteiger partial charge on any atom is -0.462 e. The number of phosphoric ester groups is 2. The average molecular weight is 1470 g/mol. The maximum Gasteiger partial charge on any atom is 0.472 e. The van der Waals surface area contributed by atoms with Gasteiger partial charge in [-0.05, 0) is 31.6 Å². The summed E-state index contributed by atoms with van der Waals surface area (Å²) in [6.45, 7) is 7.34. The minimum atomic E-state index is -4.96. The fourth-order valence-corrected chi connectivity index (χ4v) is 14.2. The molecule has 0 aliphatic heterocycles. The lowest BCUT2D eigenvalue weighted by molar-refractivity contribution is -0.161. The zero-order valence-corrected chi connectivity index (χ0v) is 67.1. The average Bonchev–Trinajstić information content (AvgIpc) is 0.984. The van der Waals surface area contributed by atoms with Gasteiger partial charge in [-0.15, -0.1) is 0 Å². The van der Waals surface area contributed by atoms with Gasteiger partial charge in [0, 0.05) is 25.7 Å². The first-order valence-electron chi connectivity index (χ1n) is 42.1. The Morgan fingerprint density at radius 2 is 0.460 bits per heavy atom. The first kappa shape index (κ1) is 98.1. The number of esters is 4. The van der Waals surface area contributed by atoms with E-state index in [4.69, 9.17) is 37.0 Å². The van der Waals surface area contributed by atoms with Gasteiger partial charge >= 0.3 is 39.5 Å². The van der Waals surface area contributed by atoms with E-state index in [9.17, 15) is 43.2 Å². The maximum absolute atomic E-state index is 13.1. The predicted molar refractivity (Wildman–Crippen MR) is 409 cm³/mol. The van der Waals surface area contributed by atoms with Crippen LogP contribution >= 0.6 is 15.6 Å². The van der Waals surface area contributed by atoms with E-state index < -0.39 is 97.5 Å². The number of phosphoric acid groups is 2. The largest absolute Gasteiger partial charge is 0.472 e. The number of unbranched alkanes of at least 4 members (excludes halogenated alkanes) is 53. The van der Waals surface area contributed by atoms with Crippen molar-refractivity contribution in [3.8, 4) is 0 Å². The van der Waals surface area contributed by atoms with Crippen molar-refractivity contribution in [1.82, 2.24) is 0 Å². The van der Waals surface area contributed by atoms with Crippen molar-refractivity contribution >= 4 is 39.5 Å². The summed E-state index contributed by atoms with van der Waals surface area (Å²) in [5, 5.41) is 10.6. The molecule has 0 aromatic rings. The van der Waals surface area contributed by atoms with Crippen LogP contribution in [0.25, 0.3) is 0 Å². The Morgan fingerprint density at radius 1 is 0.270 bits per heavy atom. The van der Waals surface area contributed by atoms with Gasteiger partial charge < -0.3 is 33.8 Å². The molecule has 100 heavy (non-hydrogen) atoms. The number of hydrogen-bond donors (Lipinski definition) is 3. The van der Waals surface area contributed by atoms with E-state index in [0.29, 0.717) is 25.7 Å². The van der Waals surface area contributed by atoms with E-state index in [1.165, 1.54) is 257 Å². The number of aliphatic hydroxyl groups excluding tert-OH is 1. The SMILES string of the molecule is CCCCCCCCCCCCCCCCCCCCC(=O)OC[C@H](COP(=O)(O)OC[C@@H](O)COP(=O)(O)OC[C@@H](COC(=O)CCCCCCCCCC)OC(=O)CCCCCCCCCCCCCCCCC)OC(=O)CCCCCCCCCCCCCCCCCCC(C)C. The highest BCUT2D eigenvalue weighted by atomic mass is 31.2. The van der Waals surface area contributed by atoms with Crippen LogP contribution in [0.4, 0.5) is 0 Å². The number of ether oxygens (including phenoxy) is 4. The third-order valence-electron chi connectivity index (χ3n) is 19.0. The van der Waals surface area contributed by atoms with Crippen LogP contribution in [0.3, 0.4) is 0 Å². The molecule has 17 nitrogen and oxygen atoms in total. The molecule has 0 aromatic heterocycles. The van der Waals surface area contributed by atoms with Gasteiger partial charge in [0.2, 0.25) is 0 Å². The lowest BCUT2D eigenvalue weighted by Crippen LogP contribution is -2.30. The highest BCUT2D eigenvalue weighted by Crippen LogP contribution is 2.45. The normalized spacial score (nSPS) is 13.8. The molecule has 0 saturated heterocycles. The quantitative estimate of drug-likeness (QED) is 0.0222. The molecule has 3 N–H and O–H groups in total. The molecule has 0 saturated carbocycles. The number of carbonyl (C=O) groups excluding carboxylic acids is 4. The van der Waals surface area contributed by atoms with Crippen LogP contribution in [0, 0.1) is 5.92 Å². The summed E-state index contributed by atoms with van der Waals surface area (Å²) in [6.07, 6.45) is 65.3. The molecule has 0 aliphatic carbocycles. The standard InChI is InChI=1S/C81H158O17P2/c1-6-9-12-15-18-21-23-25-27-28-29-34-37-41-45-50-55-60-65-79(84)92-71-77(98-81(86)67-62-57-52-47-43-39-35-31-30-33-36-40-44-48-53-58-63-74(4)5)73-96-100(89,90)94-69-75(82)68-93-99(87,88)95-72-76(70-91-78(83)64-59-54-49-20-17-14-11-8-3)97-80(85)66-61-56-51-46-42-38-32-26-24-22-19-16-13-10-7-2/h74-77,82H,6-73H2,1-5H3,(H,87,88)(H,89,90)/t75-,76+,77+/m0/s1. The van der Waals surface area contributed by atoms with Crippen molar-refractivity contribution in [2.24, 2.45) is 5.92 Å². The second kappa shape index (κ2) is 73.9. The number of aliphatic hydroxyl groups is 1. The molecular weight excluding hydrogens is 1310 g/mol. The van der Waals surface area contributed by atoms with Gasteiger partial charge in [-0.3, -0.25) is 37.3 Å². The van der Waals surface area contributed by atoms with Crippen LogP contribution in [-0.4, -0.2) is 96.7 Å². The summed E-state index contributed by atoms with van der Waals surface area (Å²) in [6, 6.07) is 0. The first-order valence-corrected chi connectivity index (χ1v) is 45.1. The predicted octanol–water partition coefficient (Wildman–Crippen LogP) is 24.4. The second-order valence-corrected chi connectivity index (χ2v) is 32.5. The fourth-order valence-electron chi connectivity index (χ4n) is 12.6. The summed E-state index contributed by atoms with van der Waals surface area (Å²) < 4.78 is 68.7. The first-order chi connectivity index (χ1) is 48.5. The van der Waals surface area contributed by atoms with Crippen LogP contribution in [-0.2, 0) is 65.4 Å². The van der Waals surface area contributed by atoms with E-state index in [-0.39, 0.29) is 25.7 Å². The lowest BCUT2D eigenvalue weighted by Gasteiger charge is -2.21. The van der Waals surface area contributed by atoms with Gasteiger partial charge in [0.1, 0.15) is 19.3 Å². The van der Waals surface area contributed by atoms with Crippen molar-refractivity contribution < 1.29 is 80.2 Å². The Balaban J connectivity index is 5.20. The summed E-state index contributed by atoms with van der Waals surface area (Å²) in [7, 11) is -9.91. The number of hydrogen-bond acceptors (Lipinski definition) is 15. The molecule has 2 unspecified atom stereocenters. The summed E-state index contributed by atoms with van der Waals surface area (Å²) >= 11 is 0.